The summed E-state index contributed by atoms with van der Waals surface area (Å²) in [6.45, 7) is 5.79. The first-order valence-corrected chi connectivity index (χ1v) is 6.98. The molecule has 1 saturated carbocycles. The van der Waals surface area contributed by atoms with Crippen LogP contribution in [0.25, 0.3) is 0 Å². The molecule has 0 saturated heterocycles. The van der Waals surface area contributed by atoms with Crippen LogP contribution in [-0.2, 0) is 4.79 Å². The Morgan fingerprint density at radius 2 is 2.10 bits per heavy atom. The third kappa shape index (κ3) is 3.40. The summed E-state index contributed by atoms with van der Waals surface area (Å²) in [4.78, 5) is 23.3. The molecule has 110 valence electrons. The Balaban J connectivity index is 2.11. The fourth-order valence-electron chi connectivity index (χ4n) is 2.24. The van der Waals surface area contributed by atoms with Gasteiger partial charge < -0.3 is 15.0 Å². The van der Waals surface area contributed by atoms with Crippen LogP contribution >= 0.6 is 0 Å². The number of carbonyl (C=O) groups is 2. The zero-order valence-corrected chi connectivity index (χ0v) is 12.2. The van der Waals surface area contributed by atoms with E-state index >= 15 is 0 Å². The van der Waals surface area contributed by atoms with Crippen molar-refractivity contribution in [2.45, 2.75) is 52.1 Å². The number of nitrogens with one attached hydrogen (secondary N) is 1. The van der Waals surface area contributed by atoms with Crippen LogP contribution in [0.5, 0.6) is 0 Å². The summed E-state index contributed by atoms with van der Waals surface area (Å²) in [5, 5.41) is 11.9. The zero-order chi connectivity index (χ0) is 14.9. The zero-order valence-electron chi connectivity index (χ0n) is 12.2. The maximum Gasteiger partial charge on any atom is 0.305 e. The molecule has 1 aliphatic carbocycles. The normalized spacial score (nSPS) is 16.8. The lowest BCUT2D eigenvalue weighted by atomic mass is 9.84. The molecule has 1 aromatic heterocycles. The lowest BCUT2D eigenvalue weighted by Crippen LogP contribution is -2.45. The summed E-state index contributed by atoms with van der Waals surface area (Å²) in [5.74, 6) is -1.09. The largest absolute Gasteiger partial charge is 0.481 e. The van der Waals surface area contributed by atoms with Crippen molar-refractivity contribution in [1.29, 1.82) is 0 Å². The maximum atomic E-state index is 12.4. The van der Waals surface area contributed by atoms with E-state index in [9.17, 15) is 9.59 Å². The molecule has 1 amide bonds. The quantitative estimate of drug-likeness (QED) is 0.869. The van der Waals surface area contributed by atoms with Gasteiger partial charge in [0.1, 0.15) is 5.69 Å². The molecule has 5 nitrogen and oxygen atoms in total. The van der Waals surface area contributed by atoms with E-state index in [1.165, 1.54) is 0 Å². The molecule has 20 heavy (non-hydrogen) atoms. The van der Waals surface area contributed by atoms with Crippen LogP contribution in [0.1, 0.15) is 56.6 Å². The van der Waals surface area contributed by atoms with Crippen molar-refractivity contribution in [3.05, 3.63) is 24.0 Å². The van der Waals surface area contributed by atoms with Crippen molar-refractivity contribution in [2.24, 2.45) is 5.41 Å². The fraction of sp³-hybridized carbons (Fsp3) is 0.600. The van der Waals surface area contributed by atoms with Gasteiger partial charge in [-0.3, -0.25) is 9.59 Å². The molecule has 0 bridgehead atoms. The average molecular weight is 278 g/mol. The van der Waals surface area contributed by atoms with Crippen LogP contribution in [0.15, 0.2) is 18.3 Å². The van der Waals surface area contributed by atoms with Crippen LogP contribution < -0.4 is 5.32 Å². The number of hydrogen-bond donors (Lipinski definition) is 2. The highest BCUT2D eigenvalue weighted by atomic mass is 16.4. The Bertz CT molecular complexity index is 509. The smallest absolute Gasteiger partial charge is 0.305 e. The van der Waals surface area contributed by atoms with Crippen molar-refractivity contribution in [1.82, 2.24) is 9.88 Å². The van der Waals surface area contributed by atoms with Gasteiger partial charge in [-0.25, -0.2) is 0 Å². The molecule has 0 radical (unpaired) electrons. The molecule has 0 aliphatic heterocycles. The number of aliphatic carboxylic acids is 1. The minimum Gasteiger partial charge on any atom is -0.481 e. The monoisotopic (exact) mass is 278 g/mol. The Kier molecular flexibility index (Phi) is 3.88. The van der Waals surface area contributed by atoms with Crippen LogP contribution in [0, 0.1) is 5.41 Å². The van der Waals surface area contributed by atoms with Gasteiger partial charge in [-0.15, -0.1) is 0 Å². The Hall–Kier alpha value is -1.78. The number of rotatable bonds is 5. The first kappa shape index (κ1) is 14.6. The van der Waals surface area contributed by atoms with Crippen molar-refractivity contribution < 1.29 is 14.7 Å². The molecule has 0 aromatic carbocycles. The summed E-state index contributed by atoms with van der Waals surface area (Å²) in [7, 11) is 0. The van der Waals surface area contributed by atoms with Crippen molar-refractivity contribution in [2.75, 3.05) is 0 Å². The molecular weight excluding hydrogens is 256 g/mol. The van der Waals surface area contributed by atoms with Gasteiger partial charge in [-0.2, -0.15) is 0 Å². The summed E-state index contributed by atoms with van der Waals surface area (Å²) < 4.78 is 1.98. The second kappa shape index (κ2) is 5.31. The van der Waals surface area contributed by atoms with Gasteiger partial charge in [0.15, 0.2) is 0 Å². The summed E-state index contributed by atoms with van der Waals surface area (Å²) in [6, 6.07) is 3.68. The SMILES string of the molecule is CC(C)(C)C(CC(=O)O)NC(=O)c1cccn1C1CC1. The topological polar surface area (TPSA) is 71.3 Å². The Labute approximate surface area is 119 Å². The van der Waals surface area contributed by atoms with E-state index in [0.29, 0.717) is 11.7 Å². The molecule has 1 aromatic rings. The van der Waals surface area contributed by atoms with E-state index in [2.05, 4.69) is 5.32 Å². The highest BCUT2D eigenvalue weighted by Crippen LogP contribution is 2.36. The highest BCUT2D eigenvalue weighted by Gasteiger charge is 2.31. The third-order valence-electron chi connectivity index (χ3n) is 3.68. The van der Waals surface area contributed by atoms with Gasteiger partial charge >= 0.3 is 5.97 Å². The Morgan fingerprint density at radius 1 is 1.45 bits per heavy atom. The molecule has 2 rings (SSSR count). The lowest BCUT2D eigenvalue weighted by Gasteiger charge is -2.30. The van der Waals surface area contributed by atoms with Gasteiger partial charge in [0, 0.05) is 18.3 Å². The molecule has 1 heterocycles. The van der Waals surface area contributed by atoms with Gasteiger partial charge in [0.05, 0.1) is 6.42 Å². The van der Waals surface area contributed by atoms with E-state index in [0.717, 1.165) is 12.8 Å². The van der Waals surface area contributed by atoms with Crippen LogP contribution in [-0.4, -0.2) is 27.6 Å². The number of carboxylic acids is 1. The van der Waals surface area contributed by atoms with Gasteiger partial charge in [-0.1, -0.05) is 20.8 Å². The first-order valence-electron chi connectivity index (χ1n) is 6.98. The molecule has 1 unspecified atom stereocenters. The predicted octanol–water partition coefficient (Wildman–Crippen LogP) is 2.44. The second-order valence-electron chi connectivity index (χ2n) is 6.52. The minimum atomic E-state index is -0.900. The fourth-order valence-corrected chi connectivity index (χ4v) is 2.24. The highest BCUT2D eigenvalue weighted by molar-refractivity contribution is 5.93. The number of hydrogen-bond acceptors (Lipinski definition) is 2. The van der Waals surface area contributed by atoms with Crippen molar-refractivity contribution >= 4 is 11.9 Å². The van der Waals surface area contributed by atoms with Gasteiger partial charge in [0.25, 0.3) is 5.91 Å². The number of amides is 1. The van der Waals surface area contributed by atoms with Gasteiger partial charge in [0.2, 0.25) is 0 Å². The third-order valence-corrected chi connectivity index (χ3v) is 3.68. The number of aromatic nitrogens is 1. The molecule has 1 fully saturated rings. The molecule has 1 aliphatic rings. The Morgan fingerprint density at radius 3 is 2.60 bits per heavy atom. The van der Waals surface area contributed by atoms with E-state index in [-0.39, 0.29) is 17.7 Å². The number of nitrogens with zero attached hydrogens (tertiary/aromatic N) is 1. The van der Waals surface area contributed by atoms with E-state index in [1.54, 1.807) is 6.07 Å². The summed E-state index contributed by atoms with van der Waals surface area (Å²) >= 11 is 0. The molecule has 5 heteroatoms. The van der Waals surface area contributed by atoms with Crippen molar-refractivity contribution in [3.8, 4) is 0 Å². The van der Waals surface area contributed by atoms with E-state index < -0.39 is 12.0 Å². The maximum absolute atomic E-state index is 12.4. The number of carboxylic acid groups (broad SMARTS) is 1. The molecular formula is C15H22N2O3. The lowest BCUT2D eigenvalue weighted by molar-refractivity contribution is -0.138. The van der Waals surface area contributed by atoms with Crippen molar-refractivity contribution in [3.63, 3.8) is 0 Å². The van der Waals surface area contributed by atoms with Crippen LogP contribution in [0.2, 0.25) is 0 Å². The number of carbonyl (C=O) groups excluding carboxylic acids is 1. The van der Waals surface area contributed by atoms with Crippen LogP contribution in [0.3, 0.4) is 0 Å². The summed E-state index contributed by atoms with van der Waals surface area (Å²) in [5.41, 5.74) is 0.317. The van der Waals surface area contributed by atoms with E-state index in [4.69, 9.17) is 5.11 Å². The summed E-state index contributed by atoms with van der Waals surface area (Å²) in [6.07, 6.45) is 4.05. The van der Waals surface area contributed by atoms with Crippen LogP contribution in [0.4, 0.5) is 0 Å². The minimum absolute atomic E-state index is 0.0701. The average Bonchev–Trinajstić information content (AvgIpc) is 3.04. The van der Waals surface area contributed by atoms with Gasteiger partial charge in [-0.05, 0) is 30.4 Å². The molecule has 1 atom stereocenters. The predicted molar refractivity (Wildman–Crippen MR) is 75.7 cm³/mol. The van der Waals surface area contributed by atoms with E-state index in [1.807, 2.05) is 37.6 Å². The first-order chi connectivity index (χ1) is 9.29. The second-order valence-corrected chi connectivity index (χ2v) is 6.52. The standard InChI is InChI=1S/C15H22N2O3/c1-15(2,3)12(9-13(18)19)16-14(20)11-5-4-8-17(11)10-6-7-10/h4-5,8,10,12H,6-7,9H2,1-3H3,(H,16,20)(H,18,19). The molecule has 2 N–H and O–H groups in total. The molecule has 0 spiro atoms.